The first-order chi connectivity index (χ1) is 25.1. The van der Waals surface area contributed by atoms with Gasteiger partial charge in [-0.05, 0) is 82.3 Å². The lowest BCUT2D eigenvalue weighted by Gasteiger charge is -2.28. The van der Waals surface area contributed by atoms with Crippen LogP contribution in [0.5, 0.6) is 0 Å². The molecular formula is C48H32N2O. The molecule has 2 heterocycles. The average Bonchev–Trinajstić information content (AvgIpc) is 3.71. The number of furan rings is 1. The topological polar surface area (TPSA) is 38.9 Å². The predicted octanol–water partition coefficient (Wildman–Crippen LogP) is 12.4. The molecule has 10 rings (SSSR count). The lowest BCUT2D eigenvalue weighted by molar-refractivity contribution is 0.669. The number of benzene rings is 7. The molecule has 0 aliphatic heterocycles. The van der Waals surface area contributed by atoms with Crippen LogP contribution in [0.25, 0.3) is 78.1 Å². The molecule has 240 valence electrons. The molecule has 0 N–H and O–H groups in total. The zero-order valence-corrected chi connectivity index (χ0v) is 28.0. The third kappa shape index (κ3) is 4.66. The second kappa shape index (κ2) is 11.5. The quantitative estimate of drug-likeness (QED) is 0.186. The van der Waals surface area contributed by atoms with Crippen LogP contribution >= 0.6 is 0 Å². The molecule has 51 heavy (non-hydrogen) atoms. The Balaban J connectivity index is 1.15. The lowest BCUT2D eigenvalue weighted by atomic mass is 9.74. The summed E-state index contributed by atoms with van der Waals surface area (Å²) in [6, 6.07) is 62.2. The van der Waals surface area contributed by atoms with Gasteiger partial charge in [-0.3, -0.25) is 0 Å². The Labute approximate surface area is 296 Å². The second-order valence-electron chi connectivity index (χ2n) is 13.5. The van der Waals surface area contributed by atoms with E-state index in [1.165, 1.54) is 27.8 Å². The maximum absolute atomic E-state index is 6.15. The van der Waals surface area contributed by atoms with Crippen molar-refractivity contribution >= 4 is 21.9 Å². The normalized spacial score (nSPS) is 14.8. The fourth-order valence-electron chi connectivity index (χ4n) is 8.05. The molecule has 2 aromatic heterocycles. The Morgan fingerprint density at radius 1 is 0.412 bits per heavy atom. The van der Waals surface area contributed by atoms with Crippen molar-refractivity contribution in [2.45, 2.75) is 12.3 Å². The van der Waals surface area contributed by atoms with Crippen molar-refractivity contribution in [1.29, 1.82) is 0 Å². The number of hydrogen-bond acceptors (Lipinski definition) is 3. The van der Waals surface area contributed by atoms with Gasteiger partial charge in [0, 0.05) is 32.9 Å². The minimum Gasteiger partial charge on any atom is -0.456 e. The molecule has 0 saturated heterocycles. The van der Waals surface area contributed by atoms with Gasteiger partial charge in [-0.2, -0.15) is 0 Å². The highest BCUT2D eigenvalue weighted by Gasteiger charge is 2.40. The molecule has 1 unspecified atom stereocenters. The van der Waals surface area contributed by atoms with Crippen molar-refractivity contribution in [3.63, 3.8) is 0 Å². The maximum Gasteiger partial charge on any atom is 0.160 e. The van der Waals surface area contributed by atoms with Gasteiger partial charge in [0.2, 0.25) is 0 Å². The molecule has 3 heteroatoms. The van der Waals surface area contributed by atoms with E-state index in [1.54, 1.807) is 0 Å². The Morgan fingerprint density at radius 2 is 1.04 bits per heavy atom. The van der Waals surface area contributed by atoms with Gasteiger partial charge in [0.25, 0.3) is 0 Å². The Morgan fingerprint density at radius 3 is 1.88 bits per heavy atom. The van der Waals surface area contributed by atoms with Gasteiger partial charge in [0.05, 0.1) is 11.4 Å². The first-order valence-electron chi connectivity index (χ1n) is 17.4. The summed E-state index contributed by atoms with van der Waals surface area (Å²) in [5.74, 6) is 0.691. The van der Waals surface area contributed by atoms with Crippen LogP contribution in [0.2, 0.25) is 0 Å². The number of nitrogens with zero attached hydrogens (tertiary/aromatic N) is 2. The molecule has 0 radical (unpaired) electrons. The summed E-state index contributed by atoms with van der Waals surface area (Å²) in [6.07, 6.45) is 0. The van der Waals surface area contributed by atoms with E-state index in [9.17, 15) is 0 Å². The van der Waals surface area contributed by atoms with Crippen LogP contribution in [0, 0.1) is 0 Å². The fraction of sp³-hybridized carbons (Fsp3) is 0.0417. The molecule has 3 nitrogen and oxygen atoms in total. The van der Waals surface area contributed by atoms with Crippen LogP contribution in [0.4, 0.5) is 0 Å². The zero-order chi connectivity index (χ0) is 33.9. The molecule has 1 atom stereocenters. The van der Waals surface area contributed by atoms with Gasteiger partial charge in [-0.25, -0.2) is 9.97 Å². The third-order valence-electron chi connectivity index (χ3n) is 10.6. The smallest absolute Gasteiger partial charge is 0.160 e. The number of para-hydroxylation sites is 1. The Hall–Kier alpha value is -6.58. The van der Waals surface area contributed by atoms with E-state index in [1.807, 2.05) is 36.4 Å². The summed E-state index contributed by atoms with van der Waals surface area (Å²) in [6.45, 7) is 2.36. The van der Waals surface area contributed by atoms with Crippen LogP contribution in [0.1, 0.15) is 23.6 Å². The van der Waals surface area contributed by atoms with Gasteiger partial charge in [0.15, 0.2) is 5.82 Å². The highest BCUT2D eigenvalue weighted by Crippen LogP contribution is 2.53. The SMILES string of the molecule is CC1(c2ccccc2)c2ccccc2-c2cc(-c3ccccc3-c3cc(-c4ccc5oc6ccccc6c5c4)nc(-c4ccccc4)n3)ccc21. The second-order valence-corrected chi connectivity index (χ2v) is 13.5. The van der Waals surface area contributed by atoms with Crippen molar-refractivity contribution in [2.75, 3.05) is 0 Å². The van der Waals surface area contributed by atoms with Gasteiger partial charge in [-0.15, -0.1) is 0 Å². The number of aromatic nitrogens is 2. The van der Waals surface area contributed by atoms with E-state index in [0.29, 0.717) is 5.82 Å². The standard InChI is InChI=1S/C48H32N2O/c1-48(34-16-6-3-7-17-34)41-22-12-10-19-36(41)39-28-32(24-26-42(39)48)35-18-8-9-20-37(35)44-30-43(49-47(50-44)31-14-4-2-5-15-31)33-25-27-46-40(29-33)38-21-11-13-23-45(38)51-46/h2-30H,1H3. The highest BCUT2D eigenvalue weighted by molar-refractivity contribution is 6.06. The highest BCUT2D eigenvalue weighted by atomic mass is 16.3. The largest absolute Gasteiger partial charge is 0.456 e. The van der Waals surface area contributed by atoms with Crippen molar-refractivity contribution in [3.8, 4) is 56.2 Å². The summed E-state index contributed by atoms with van der Waals surface area (Å²) in [4.78, 5) is 10.4. The summed E-state index contributed by atoms with van der Waals surface area (Å²) in [5, 5.41) is 2.17. The van der Waals surface area contributed by atoms with Gasteiger partial charge in [-0.1, -0.05) is 140 Å². The maximum atomic E-state index is 6.15. The molecule has 7 aromatic carbocycles. The summed E-state index contributed by atoms with van der Waals surface area (Å²) in [7, 11) is 0. The van der Waals surface area contributed by atoms with E-state index in [-0.39, 0.29) is 5.41 Å². The van der Waals surface area contributed by atoms with E-state index in [4.69, 9.17) is 14.4 Å². The van der Waals surface area contributed by atoms with Crippen LogP contribution in [0.3, 0.4) is 0 Å². The van der Waals surface area contributed by atoms with E-state index < -0.39 is 0 Å². The zero-order valence-electron chi connectivity index (χ0n) is 28.0. The van der Waals surface area contributed by atoms with Gasteiger partial charge < -0.3 is 4.42 Å². The number of rotatable bonds is 5. The number of hydrogen-bond donors (Lipinski definition) is 0. The summed E-state index contributed by atoms with van der Waals surface area (Å²) in [5.41, 5.74) is 15.1. The summed E-state index contributed by atoms with van der Waals surface area (Å²) < 4.78 is 6.15. The van der Waals surface area contributed by atoms with E-state index in [2.05, 4.69) is 146 Å². The molecule has 1 aliphatic carbocycles. The third-order valence-corrected chi connectivity index (χ3v) is 10.6. The minimum absolute atomic E-state index is 0.237. The van der Waals surface area contributed by atoms with Crippen LogP contribution < -0.4 is 0 Å². The van der Waals surface area contributed by atoms with E-state index in [0.717, 1.165) is 61.1 Å². The van der Waals surface area contributed by atoms with Crippen molar-refractivity contribution in [1.82, 2.24) is 9.97 Å². The molecule has 0 saturated carbocycles. The fourth-order valence-corrected chi connectivity index (χ4v) is 8.05. The van der Waals surface area contributed by atoms with Crippen LogP contribution in [-0.4, -0.2) is 9.97 Å². The monoisotopic (exact) mass is 652 g/mol. The van der Waals surface area contributed by atoms with Gasteiger partial charge in [0.1, 0.15) is 11.2 Å². The molecular weight excluding hydrogens is 621 g/mol. The lowest BCUT2D eigenvalue weighted by Crippen LogP contribution is -2.22. The molecule has 1 aliphatic rings. The predicted molar refractivity (Wildman–Crippen MR) is 208 cm³/mol. The molecule has 9 aromatic rings. The first kappa shape index (κ1) is 29.3. The van der Waals surface area contributed by atoms with Crippen molar-refractivity contribution in [3.05, 3.63) is 193 Å². The molecule has 0 fully saturated rings. The number of fused-ring (bicyclic) bond motifs is 6. The Bertz CT molecular complexity index is 2760. The van der Waals surface area contributed by atoms with Crippen LogP contribution in [0.15, 0.2) is 180 Å². The Kier molecular flexibility index (Phi) is 6.62. The molecule has 0 amide bonds. The molecule has 0 spiro atoms. The average molecular weight is 653 g/mol. The van der Waals surface area contributed by atoms with E-state index >= 15 is 0 Å². The van der Waals surface area contributed by atoms with Gasteiger partial charge >= 0.3 is 0 Å². The summed E-state index contributed by atoms with van der Waals surface area (Å²) >= 11 is 0. The van der Waals surface area contributed by atoms with Crippen molar-refractivity contribution < 1.29 is 4.42 Å². The first-order valence-corrected chi connectivity index (χ1v) is 17.4. The molecule has 0 bridgehead atoms. The van der Waals surface area contributed by atoms with Crippen LogP contribution in [-0.2, 0) is 5.41 Å². The minimum atomic E-state index is -0.237. The van der Waals surface area contributed by atoms with Crippen molar-refractivity contribution in [2.24, 2.45) is 0 Å².